The maximum atomic E-state index is 6.01. The van der Waals surface area contributed by atoms with Crippen LogP contribution in [0.5, 0.6) is 0 Å². The first-order chi connectivity index (χ1) is 8.20. The zero-order valence-corrected chi connectivity index (χ0v) is 11.6. The fraction of sp³-hybridized carbons (Fsp3) is 0.286. The van der Waals surface area contributed by atoms with E-state index in [1.165, 1.54) is 16.0 Å². The Balaban J connectivity index is 2.23. The van der Waals surface area contributed by atoms with Crippen LogP contribution in [0.3, 0.4) is 0 Å². The van der Waals surface area contributed by atoms with Crippen LogP contribution < -0.4 is 5.32 Å². The van der Waals surface area contributed by atoms with Gasteiger partial charge in [0.05, 0.1) is 0 Å². The van der Waals surface area contributed by atoms with Crippen LogP contribution in [0.15, 0.2) is 35.7 Å². The van der Waals surface area contributed by atoms with Gasteiger partial charge in [-0.15, -0.1) is 11.3 Å². The fourth-order valence-electron chi connectivity index (χ4n) is 1.83. The van der Waals surface area contributed by atoms with Gasteiger partial charge in [-0.3, -0.25) is 0 Å². The van der Waals surface area contributed by atoms with Gasteiger partial charge in [0.25, 0.3) is 0 Å². The van der Waals surface area contributed by atoms with Crippen LogP contribution in [0.4, 0.5) is 0 Å². The molecule has 0 amide bonds. The molecule has 2 rings (SSSR count). The van der Waals surface area contributed by atoms with E-state index in [0.29, 0.717) is 5.92 Å². The van der Waals surface area contributed by atoms with Gasteiger partial charge in [0, 0.05) is 16.4 Å². The number of thiophene rings is 1. The molecule has 2 aromatic rings. The van der Waals surface area contributed by atoms with E-state index in [1.54, 1.807) is 11.3 Å². The van der Waals surface area contributed by atoms with E-state index in [-0.39, 0.29) is 0 Å². The summed E-state index contributed by atoms with van der Waals surface area (Å²) in [6.07, 6.45) is 0. The highest BCUT2D eigenvalue weighted by molar-refractivity contribution is 7.13. The van der Waals surface area contributed by atoms with Crippen LogP contribution in [0, 0.1) is 0 Å². The lowest BCUT2D eigenvalue weighted by Crippen LogP contribution is -2.14. The van der Waals surface area contributed by atoms with Gasteiger partial charge < -0.3 is 5.32 Å². The molecule has 1 heterocycles. The molecule has 1 aromatic carbocycles. The first kappa shape index (κ1) is 12.6. The van der Waals surface area contributed by atoms with E-state index in [0.717, 1.165) is 11.6 Å². The minimum atomic E-state index is 0.546. The van der Waals surface area contributed by atoms with Gasteiger partial charge in [-0.1, -0.05) is 30.7 Å². The van der Waals surface area contributed by atoms with Crippen molar-refractivity contribution in [3.8, 4) is 10.4 Å². The van der Waals surface area contributed by atoms with Crippen LogP contribution in [0.1, 0.15) is 18.4 Å². The molecule has 90 valence electrons. The maximum absolute atomic E-state index is 6.01. The number of rotatable bonds is 4. The smallest absolute Gasteiger partial charge is 0.0412 e. The molecule has 3 heteroatoms. The second kappa shape index (κ2) is 5.67. The molecule has 0 aliphatic heterocycles. The van der Waals surface area contributed by atoms with Gasteiger partial charge >= 0.3 is 0 Å². The largest absolute Gasteiger partial charge is 0.319 e. The Labute approximate surface area is 111 Å². The lowest BCUT2D eigenvalue weighted by Gasteiger charge is -2.07. The van der Waals surface area contributed by atoms with Gasteiger partial charge in [0.1, 0.15) is 0 Å². The summed E-state index contributed by atoms with van der Waals surface area (Å²) in [7, 11) is 1.99. The number of hydrogen-bond acceptors (Lipinski definition) is 2. The number of likely N-dealkylation sites (N-methyl/N-ethyl adjacent to an activating group) is 1. The Hall–Kier alpha value is -0.830. The minimum Gasteiger partial charge on any atom is -0.319 e. The van der Waals surface area contributed by atoms with E-state index in [4.69, 9.17) is 11.6 Å². The zero-order chi connectivity index (χ0) is 12.3. The van der Waals surface area contributed by atoms with Crippen molar-refractivity contribution < 1.29 is 0 Å². The summed E-state index contributed by atoms with van der Waals surface area (Å²) < 4.78 is 0. The van der Waals surface area contributed by atoms with Crippen LogP contribution in [-0.2, 0) is 0 Å². The van der Waals surface area contributed by atoms with Crippen LogP contribution in [-0.4, -0.2) is 13.6 Å². The van der Waals surface area contributed by atoms with Crippen molar-refractivity contribution >= 4 is 22.9 Å². The molecule has 0 saturated carbocycles. The van der Waals surface area contributed by atoms with Crippen molar-refractivity contribution in [1.82, 2.24) is 5.32 Å². The summed E-state index contributed by atoms with van der Waals surface area (Å²) in [4.78, 5) is 1.28. The lowest BCUT2D eigenvalue weighted by molar-refractivity contribution is 0.680. The summed E-state index contributed by atoms with van der Waals surface area (Å²) in [5.41, 5.74) is 2.59. The molecular weight excluding hydrogens is 250 g/mol. The molecule has 1 atom stereocenters. The van der Waals surface area contributed by atoms with Crippen molar-refractivity contribution in [3.63, 3.8) is 0 Å². The molecule has 1 unspecified atom stereocenters. The molecule has 0 saturated heterocycles. The highest BCUT2D eigenvalue weighted by Gasteiger charge is 2.08. The Bertz CT molecular complexity index is 492. The lowest BCUT2D eigenvalue weighted by atomic mass is 10.0. The van der Waals surface area contributed by atoms with Crippen LogP contribution in [0.25, 0.3) is 10.4 Å². The van der Waals surface area contributed by atoms with Gasteiger partial charge in [-0.05, 0) is 47.7 Å². The number of nitrogens with one attached hydrogen (secondary N) is 1. The molecule has 0 fully saturated rings. The normalized spacial score (nSPS) is 12.6. The zero-order valence-electron chi connectivity index (χ0n) is 10.0. The number of benzene rings is 1. The molecule has 0 aliphatic rings. The van der Waals surface area contributed by atoms with Crippen LogP contribution in [0.2, 0.25) is 5.02 Å². The molecule has 1 nitrogen and oxygen atoms in total. The van der Waals surface area contributed by atoms with E-state index < -0.39 is 0 Å². The monoisotopic (exact) mass is 265 g/mol. The maximum Gasteiger partial charge on any atom is 0.0412 e. The Morgan fingerprint density at radius 1 is 1.35 bits per heavy atom. The molecule has 0 bridgehead atoms. The fourth-order valence-corrected chi connectivity index (χ4v) is 3.05. The van der Waals surface area contributed by atoms with Gasteiger partial charge in [0.15, 0.2) is 0 Å². The first-order valence-electron chi connectivity index (χ1n) is 5.69. The summed E-state index contributed by atoms with van der Waals surface area (Å²) in [6, 6.07) is 10.3. The first-order valence-corrected chi connectivity index (χ1v) is 6.95. The highest BCUT2D eigenvalue weighted by atomic mass is 35.5. The van der Waals surface area contributed by atoms with E-state index in [1.807, 2.05) is 25.2 Å². The molecule has 0 aliphatic carbocycles. The van der Waals surface area contributed by atoms with Gasteiger partial charge in [-0.25, -0.2) is 0 Å². The van der Waals surface area contributed by atoms with Crippen molar-refractivity contribution in [2.75, 3.05) is 13.6 Å². The SMILES string of the molecule is CNCC(C)c1csc(-c2cccc(Cl)c2)c1. The average Bonchev–Trinajstić information content (AvgIpc) is 2.78. The standard InChI is InChI=1S/C14H16ClNS/c1-10(8-16-2)12-7-14(17-9-12)11-4-3-5-13(15)6-11/h3-7,9-10,16H,8H2,1-2H3. The predicted octanol–water partition coefficient (Wildman–Crippen LogP) is 4.39. The molecule has 1 aromatic heterocycles. The molecule has 17 heavy (non-hydrogen) atoms. The van der Waals surface area contributed by atoms with E-state index in [9.17, 15) is 0 Å². The predicted molar refractivity (Wildman–Crippen MR) is 77.1 cm³/mol. The topological polar surface area (TPSA) is 12.0 Å². The Morgan fingerprint density at radius 2 is 2.18 bits per heavy atom. The van der Waals surface area contributed by atoms with Crippen molar-refractivity contribution in [3.05, 3.63) is 46.3 Å². The van der Waals surface area contributed by atoms with Gasteiger partial charge in [-0.2, -0.15) is 0 Å². The second-order valence-corrected chi connectivity index (χ2v) is 5.56. The average molecular weight is 266 g/mol. The third-order valence-electron chi connectivity index (χ3n) is 2.81. The van der Waals surface area contributed by atoms with Crippen molar-refractivity contribution in [2.45, 2.75) is 12.8 Å². The molecule has 0 spiro atoms. The summed E-state index contributed by atoms with van der Waals surface area (Å²) in [5.74, 6) is 0.546. The van der Waals surface area contributed by atoms with Crippen LogP contribution >= 0.6 is 22.9 Å². The molecule has 1 N–H and O–H groups in total. The van der Waals surface area contributed by atoms with E-state index in [2.05, 4.69) is 29.8 Å². The van der Waals surface area contributed by atoms with Crippen molar-refractivity contribution in [2.24, 2.45) is 0 Å². The summed E-state index contributed by atoms with van der Waals surface area (Å²) in [5, 5.41) is 6.23. The van der Waals surface area contributed by atoms with Gasteiger partial charge in [0.2, 0.25) is 0 Å². The van der Waals surface area contributed by atoms with E-state index >= 15 is 0 Å². The summed E-state index contributed by atoms with van der Waals surface area (Å²) in [6.45, 7) is 3.24. The third-order valence-corrected chi connectivity index (χ3v) is 4.04. The minimum absolute atomic E-state index is 0.546. The van der Waals surface area contributed by atoms with Crippen molar-refractivity contribution in [1.29, 1.82) is 0 Å². The molecular formula is C14H16ClNS. The quantitative estimate of drug-likeness (QED) is 0.864. The molecule has 0 radical (unpaired) electrons. The Morgan fingerprint density at radius 3 is 2.88 bits per heavy atom. The highest BCUT2D eigenvalue weighted by Crippen LogP contribution is 2.31. The number of halogens is 1. The number of hydrogen-bond donors (Lipinski definition) is 1. The summed E-state index contributed by atoms with van der Waals surface area (Å²) >= 11 is 7.79. The third kappa shape index (κ3) is 3.09. The Kier molecular flexibility index (Phi) is 4.21. The second-order valence-electron chi connectivity index (χ2n) is 4.21.